The van der Waals surface area contributed by atoms with Gasteiger partial charge in [0.05, 0.1) is 43.1 Å². The van der Waals surface area contributed by atoms with E-state index in [9.17, 15) is 4.79 Å². The topological polar surface area (TPSA) is 95.0 Å². The number of ketones is 1. The average molecular weight is 615 g/mol. The molecule has 2 fully saturated rings. The number of nitrogens with one attached hydrogen (secondary N) is 1. The largest absolute Gasteiger partial charge is 0.496 e. The number of anilines is 2. The van der Waals surface area contributed by atoms with E-state index in [0.717, 1.165) is 35.3 Å². The standard InChI is InChI=1S/C34H35ClN4O5/c1-22-5-3-6-23(13-22)20-44-30-9-8-25(16-28(30)35)38-34-27-15-24(31(41-2)17-29(27)36-21-37-34)14-26(40)7-4-10-39-18-32-33(19-39)43-12-11-42-32/h3-9,13,15-17,21,32-33H,10-12,14,18-20H2,1-2H3,(H,36,37,38)/b7-4+. The summed E-state index contributed by atoms with van der Waals surface area (Å²) >= 11 is 6.57. The molecule has 2 aliphatic heterocycles. The number of aryl methyl sites for hydroxylation is 1. The molecule has 2 atom stereocenters. The van der Waals surface area contributed by atoms with E-state index in [1.165, 1.54) is 11.9 Å². The summed E-state index contributed by atoms with van der Waals surface area (Å²) in [5.41, 5.74) is 4.43. The fourth-order valence-corrected chi connectivity index (χ4v) is 5.85. The predicted molar refractivity (Wildman–Crippen MR) is 170 cm³/mol. The number of methoxy groups -OCH3 is 1. The molecule has 2 unspecified atom stereocenters. The van der Waals surface area contributed by atoms with Gasteiger partial charge in [0.2, 0.25) is 0 Å². The van der Waals surface area contributed by atoms with Gasteiger partial charge in [0.25, 0.3) is 0 Å². The lowest BCUT2D eigenvalue weighted by Gasteiger charge is -2.24. The van der Waals surface area contributed by atoms with Gasteiger partial charge in [-0.15, -0.1) is 0 Å². The number of nitrogens with zero attached hydrogens (tertiary/aromatic N) is 3. The van der Waals surface area contributed by atoms with Crippen molar-refractivity contribution in [2.45, 2.75) is 32.2 Å². The number of benzene rings is 3. The monoisotopic (exact) mass is 614 g/mol. The molecule has 1 N–H and O–H groups in total. The molecule has 9 nitrogen and oxygen atoms in total. The third kappa shape index (κ3) is 7.19. The summed E-state index contributed by atoms with van der Waals surface area (Å²) in [5.74, 6) is 1.76. The zero-order valence-electron chi connectivity index (χ0n) is 24.8. The third-order valence-electron chi connectivity index (χ3n) is 7.78. The second-order valence-electron chi connectivity index (χ2n) is 11.0. The predicted octanol–water partition coefficient (Wildman–Crippen LogP) is 5.69. The quantitative estimate of drug-likeness (QED) is 0.214. The van der Waals surface area contributed by atoms with Crippen LogP contribution in [0.5, 0.6) is 11.5 Å². The molecule has 0 saturated carbocycles. The molecule has 44 heavy (non-hydrogen) atoms. The van der Waals surface area contributed by atoms with Gasteiger partial charge in [-0.3, -0.25) is 9.69 Å². The van der Waals surface area contributed by atoms with Crippen molar-refractivity contribution in [3.05, 3.63) is 94.8 Å². The highest BCUT2D eigenvalue weighted by Crippen LogP contribution is 2.33. The molecule has 6 rings (SSSR count). The summed E-state index contributed by atoms with van der Waals surface area (Å²) < 4.78 is 23.2. The van der Waals surface area contributed by atoms with E-state index < -0.39 is 0 Å². The number of rotatable bonds is 11. The van der Waals surface area contributed by atoms with Gasteiger partial charge in [-0.05, 0) is 42.8 Å². The highest BCUT2D eigenvalue weighted by atomic mass is 35.5. The molecule has 10 heteroatoms. The van der Waals surface area contributed by atoms with Crippen LogP contribution in [0.3, 0.4) is 0 Å². The van der Waals surface area contributed by atoms with Gasteiger partial charge in [-0.25, -0.2) is 9.97 Å². The normalized spacial score (nSPS) is 18.4. The van der Waals surface area contributed by atoms with Gasteiger partial charge in [0.1, 0.15) is 30.3 Å². The Morgan fingerprint density at radius 3 is 2.64 bits per heavy atom. The molecule has 1 aromatic heterocycles. The van der Waals surface area contributed by atoms with Crippen LogP contribution < -0.4 is 14.8 Å². The Morgan fingerprint density at radius 2 is 1.89 bits per heavy atom. The molecular weight excluding hydrogens is 580 g/mol. The summed E-state index contributed by atoms with van der Waals surface area (Å²) in [5, 5.41) is 4.58. The van der Waals surface area contributed by atoms with Gasteiger partial charge < -0.3 is 24.3 Å². The Labute approximate surface area is 261 Å². The fourth-order valence-electron chi connectivity index (χ4n) is 5.62. The molecule has 0 spiro atoms. The van der Waals surface area contributed by atoms with E-state index in [4.69, 9.17) is 30.5 Å². The first kappa shape index (κ1) is 30.0. The minimum Gasteiger partial charge on any atom is -0.496 e. The highest BCUT2D eigenvalue weighted by Gasteiger charge is 2.35. The molecule has 4 aromatic rings. The maximum atomic E-state index is 13.0. The number of hydrogen-bond donors (Lipinski definition) is 1. The van der Waals surface area contributed by atoms with E-state index >= 15 is 0 Å². The maximum absolute atomic E-state index is 13.0. The van der Waals surface area contributed by atoms with Gasteiger partial charge in [-0.1, -0.05) is 47.5 Å². The van der Waals surface area contributed by atoms with Crippen LogP contribution >= 0.6 is 11.6 Å². The number of fused-ring (bicyclic) bond motifs is 2. The van der Waals surface area contributed by atoms with Crippen molar-refractivity contribution in [1.29, 1.82) is 0 Å². The lowest BCUT2D eigenvalue weighted by Crippen LogP contribution is -2.36. The van der Waals surface area contributed by atoms with E-state index in [1.54, 1.807) is 19.3 Å². The maximum Gasteiger partial charge on any atom is 0.159 e. The summed E-state index contributed by atoms with van der Waals surface area (Å²) in [7, 11) is 1.59. The first-order valence-corrected chi connectivity index (χ1v) is 15.0. The van der Waals surface area contributed by atoms with Crippen LogP contribution in [0.2, 0.25) is 5.02 Å². The highest BCUT2D eigenvalue weighted by molar-refractivity contribution is 6.32. The lowest BCUT2D eigenvalue weighted by atomic mass is 10.0. The smallest absolute Gasteiger partial charge is 0.159 e. The van der Waals surface area contributed by atoms with Crippen molar-refractivity contribution in [3.8, 4) is 11.5 Å². The van der Waals surface area contributed by atoms with Crippen molar-refractivity contribution in [2.24, 2.45) is 0 Å². The Hall–Kier alpha value is -4.02. The molecule has 0 radical (unpaired) electrons. The summed E-state index contributed by atoms with van der Waals surface area (Å²) in [4.78, 5) is 24.1. The Bertz CT molecular complexity index is 1670. The second-order valence-corrected chi connectivity index (χ2v) is 11.4. The number of carbonyl (C=O) groups is 1. The van der Waals surface area contributed by atoms with Crippen LogP contribution in [0.25, 0.3) is 10.9 Å². The Morgan fingerprint density at radius 1 is 1.07 bits per heavy atom. The van der Waals surface area contributed by atoms with E-state index in [-0.39, 0.29) is 24.4 Å². The molecule has 228 valence electrons. The molecule has 3 aromatic carbocycles. The van der Waals surface area contributed by atoms with Gasteiger partial charge in [-0.2, -0.15) is 0 Å². The van der Waals surface area contributed by atoms with E-state index in [2.05, 4.69) is 39.2 Å². The van der Waals surface area contributed by atoms with E-state index in [0.29, 0.717) is 54.2 Å². The number of carbonyl (C=O) groups excluding carboxylic acids is 1. The second kappa shape index (κ2) is 13.7. The number of aromatic nitrogens is 2. The molecule has 0 aliphatic carbocycles. The van der Waals surface area contributed by atoms with Crippen molar-refractivity contribution in [2.75, 3.05) is 45.3 Å². The van der Waals surface area contributed by atoms with Gasteiger partial charge >= 0.3 is 0 Å². The third-order valence-corrected chi connectivity index (χ3v) is 8.07. The number of hydrogen-bond acceptors (Lipinski definition) is 9. The minimum atomic E-state index is -0.0221. The minimum absolute atomic E-state index is 0.0221. The van der Waals surface area contributed by atoms with Crippen LogP contribution in [0.1, 0.15) is 16.7 Å². The zero-order valence-corrected chi connectivity index (χ0v) is 25.5. The first-order chi connectivity index (χ1) is 21.4. The van der Waals surface area contributed by atoms with Crippen LogP contribution in [0.15, 0.2) is 73.1 Å². The van der Waals surface area contributed by atoms with Crippen LogP contribution in [-0.2, 0) is 27.3 Å². The Balaban J connectivity index is 1.13. The summed E-state index contributed by atoms with van der Waals surface area (Å²) in [6, 6.07) is 17.4. The van der Waals surface area contributed by atoms with E-state index in [1.807, 2.05) is 42.5 Å². The molecule has 3 heterocycles. The Kier molecular flexibility index (Phi) is 9.37. The van der Waals surface area contributed by atoms with Crippen molar-refractivity contribution in [1.82, 2.24) is 14.9 Å². The van der Waals surface area contributed by atoms with Crippen LogP contribution in [0, 0.1) is 6.92 Å². The van der Waals surface area contributed by atoms with Crippen molar-refractivity contribution in [3.63, 3.8) is 0 Å². The molecule has 2 saturated heterocycles. The molecule has 0 bridgehead atoms. The molecule has 0 amide bonds. The van der Waals surface area contributed by atoms with Gasteiger partial charge in [0, 0.05) is 48.8 Å². The molecule has 2 aliphatic rings. The van der Waals surface area contributed by atoms with Gasteiger partial charge in [0.15, 0.2) is 5.78 Å². The molecular formula is C34H35ClN4O5. The summed E-state index contributed by atoms with van der Waals surface area (Å²) in [6.07, 6.45) is 5.44. The number of ether oxygens (including phenoxy) is 4. The van der Waals surface area contributed by atoms with Crippen molar-refractivity contribution >= 4 is 39.8 Å². The number of likely N-dealkylation sites (tertiary alicyclic amines) is 1. The lowest BCUT2D eigenvalue weighted by molar-refractivity contribution is -0.116. The SMILES string of the molecule is COc1cc2ncnc(Nc3ccc(OCc4cccc(C)c4)c(Cl)c3)c2cc1CC(=O)/C=C/CN1CC2OCCOC2C1. The summed E-state index contributed by atoms with van der Waals surface area (Å²) in [6.45, 7) is 6.05. The number of halogens is 1. The fraction of sp³-hybridized carbons (Fsp3) is 0.324. The number of allylic oxidation sites excluding steroid dienone is 1. The first-order valence-electron chi connectivity index (χ1n) is 14.7. The zero-order chi connectivity index (χ0) is 30.5. The average Bonchev–Trinajstić information content (AvgIpc) is 3.43. The van der Waals surface area contributed by atoms with Crippen molar-refractivity contribution < 1.29 is 23.7 Å². The van der Waals surface area contributed by atoms with Crippen LogP contribution in [-0.4, -0.2) is 72.8 Å². The van der Waals surface area contributed by atoms with Crippen LogP contribution in [0.4, 0.5) is 11.5 Å².